The van der Waals surface area contributed by atoms with Crippen LogP contribution in [0.15, 0.2) is 23.1 Å². The molecule has 2 aliphatic rings. The molecule has 5 heterocycles. The van der Waals surface area contributed by atoms with Gasteiger partial charge >= 0.3 is 0 Å². The molecule has 0 saturated carbocycles. The first kappa shape index (κ1) is 19.0. The summed E-state index contributed by atoms with van der Waals surface area (Å²) in [6.45, 7) is 6.71. The Hall–Kier alpha value is -3.00. The van der Waals surface area contributed by atoms with Crippen LogP contribution in [0.3, 0.4) is 0 Å². The van der Waals surface area contributed by atoms with Crippen molar-refractivity contribution in [1.29, 1.82) is 0 Å². The first-order chi connectivity index (χ1) is 14.5. The van der Waals surface area contributed by atoms with E-state index in [4.69, 9.17) is 14.5 Å². The van der Waals surface area contributed by atoms with E-state index in [0.717, 1.165) is 54.3 Å². The molecule has 0 spiro atoms. The third-order valence-electron chi connectivity index (χ3n) is 6.03. The smallest absolute Gasteiger partial charge is 0.262 e. The molecular weight excluding hydrogens is 382 g/mol. The molecule has 3 aromatic heterocycles. The van der Waals surface area contributed by atoms with Crippen molar-refractivity contribution in [2.24, 2.45) is 7.05 Å². The van der Waals surface area contributed by atoms with Gasteiger partial charge in [0.05, 0.1) is 30.5 Å². The molecule has 8 nitrogen and oxygen atoms in total. The molecule has 0 unspecified atom stereocenters. The molecular formula is C22H25N5O3. The van der Waals surface area contributed by atoms with Crippen LogP contribution in [0.2, 0.25) is 0 Å². The van der Waals surface area contributed by atoms with E-state index in [9.17, 15) is 4.79 Å². The quantitative estimate of drug-likeness (QED) is 0.659. The number of nitrogens with zero attached hydrogens (tertiary/aromatic N) is 5. The summed E-state index contributed by atoms with van der Waals surface area (Å²) in [6.07, 6.45) is 3.74. The molecule has 2 aliphatic heterocycles. The molecule has 1 saturated heterocycles. The first-order valence-corrected chi connectivity index (χ1v) is 10.3. The minimum atomic E-state index is -0.0554. The molecule has 156 valence electrons. The van der Waals surface area contributed by atoms with Crippen LogP contribution in [-0.2, 0) is 25.0 Å². The van der Waals surface area contributed by atoms with Crippen molar-refractivity contribution in [3.63, 3.8) is 0 Å². The van der Waals surface area contributed by atoms with Crippen molar-refractivity contribution < 1.29 is 9.47 Å². The van der Waals surface area contributed by atoms with E-state index in [0.29, 0.717) is 30.1 Å². The SMILES string of the molecule is Cc1cc2c(=O)n(C)c(C)nc2nc1N1CCC(Oc2cnc3c(c2)COC3)CC1. The Labute approximate surface area is 174 Å². The lowest BCUT2D eigenvalue weighted by Gasteiger charge is -2.33. The normalized spacial score (nSPS) is 16.8. The van der Waals surface area contributed by atoms with Crippen LogP contribution in [-0.4, -0.2) is 38.7 Å². The van der Waals surface area contributed by atoms with Gasteiger partial charge in [0.1, 0.15) is 23.5 Å². The monoisotopic (exact) mass is 407 g/mol. The fraction of sp³-hybridized carbons (Fsp3) is 0.455. The number of ether oxygens (including phenoxy) is 2. The number of fused-ring (bicyclic) bond motifs is 2. The standard InChI is InChI=1S/C22H25N5O3/c1-13-8-18-20(24-14(2)26(3)22(18)28)25-21(13)27-6-4-16(5-7-27)30-17-9-15-11-29-12-19(15)23-10-17/h8-10,16H,4-7,11-12H2,1-3H3. The minimum Gasteiger partial charge on any atom is -0.489 e. The van der Waals surface area contributed by atoms with Gasteiger partial charge in [-0.1, -0.05) is 0 Å². The van der Waals surface area contributed by atoms with Crippen LogP contribution in [0.1, 0.15) is 35.5 Å². The van der Waals surface area contributed by atoms with Crippen molar-refractivity contribution in [3.8, 4) is 5.75 Å². The summed E-state index contributed by atoms with van der Waals surface area (Å²) in [5.74, 6) is 2.38. The molecule has 0 bridgehead atoms. The number of rotatable bonds is 3. The topological polar surface area (TPSA) is 82.4 Å². The van der Waals surface area contributed by atoms with Gasteiger partial charge in [-0.15, -0.1) is 0 Å². The van der Waals surface area contributed by atoms with E-state index in [1.807, 2.05) is 26.0 Å². The largest absolute Gasteiger partial charge is 0.489 e. The number of pyridine rings is 2. The van der Waals surface area contributed by atoms with Gasteiger partial charge in [-0.25, -0.2) is 9.97 Å². The van der Waals surface area contributed by atoms with Gasteiger partial charge in [0.15, 0.2) is 5.65 Å². The van der Waals surface area contributed by atoms with Crippen molar-refractivity contribution in [2.75, 3.05) is 18.0 Å². The van der Waals surface area contributed by atoms with Crippen LogP contribution in [0.5, 0.6) is 5.75 Å². The maximum absolute atomic E-state index is 12.5. The Bertz CT molecular complexity index is 1180. The number of anilines is 1. The molecule has 5 rings (SSSR count). The van der Waals surface area contributed by atoms with E-state index >= 15 is 0 Å². The number of piperidine rings is 1. The van der Waals surface area contributed by atoms with E-state index in [1.165, 1.54) is 0 Å². The van der Waals surface area contributed by atoms with Crippen LogP contribution >= 0.6 is 0 Å². The summed E-state index contributed by atoms with van der Waals surface area (Å²) >= 11 is 0. The van der Waals surface area contributed by atoms with E-state index in [1.54, 1.807) is 17.8 Å². The molecule has 30 heavy (non-hydrogen) atoms. The lowest BCUT2D eigenvalue weighted by molar-refractivity contribution is 0.133. The van der Waals surface area contributed by atoms with Crippen LogP contribution in [0.4, 0.5) is 5.82 Å². The zero-order valence-corrected chi connectivity index (χ0v) is 17.5. The second-order valence-corrected chi connectivity index (χ2v) is 8.10. The predicted molar refractivity (Wildman–Crippen MR) is 113 cm³/mol. The third-order valence-corrected chi connectivity index (χ3v) is 6.03. The summed E-state index contributed by atoms with van der Waals surface area (Å²) in [5, 5.41) is 0.565. The summed E-state index contributed by atoms with van der Waals surface area (Å²) < 4.78 is 13.2. The molecule has 1 fully saturated rings. The average molecular weight is 407 g/mol. The fourth-order valence-corrected chi connectivity index (χ4v) is 4.18. The van der Waals surface area contributed by atoms with Crippen LogP contribution in [0.25, 0.3) is 11.0 Å². The predicted octanol–water partition coefficient (Wildman–Crippen LogP) is 2.42. The highest BCUT2D eigenvalue weighted by Gasteiger charge is 2.24. The second kappa shape index (κ2) is 7.36. The summed E-state index contributed by atoms with van der Waals surface area (Å²) in [7, 11) is 1.74. The Morgan fingerprint density at radius 3 is 2.73 bits per heavy atom. The van der Waals surface area contributed by atoms with Gasteiger partial charge in [0, 0.05) is 38.5 Å². The average Bonchev–Trinajstić information content (AvgIpc) is 3.21. The minimum absolute atomic E-state index is 0.0554. The highest BCUT2D eigenvalue weighted by atomic mass is 16.5. The molecule has 3 aromatic rings. The zero-order valence-electron chi connectivity index (χ0n) is 17.5. The van der Waals surface area contributed by atoms with Gasteiger partial charge in [-0.05, 0) is 31.5 Å². The Morgan fingerprint density at radius 2 is 1.93 bits per heavy atom. The maximum atomic E-state index is 12.5. The number of hydrogen-bond donors (Lipinski definition) is 0. The van der Waals surface area contributed by atoms with Crippen LogP contribution in [0, 0.1) is 13.8 Å². The van der Waals surface area contributed by atoms with Crippen LogP contribution < -0.4 is 15.2 Å². The van der Waals surface area contributed by atoms with Gasteiger partial charge in [0.2, 0.25) is 0 Å². The molecule has 0 N–H and O–H groups in total. The van der Waals surface area contributed by atoms with Gasteiger partial charge < -0.3 is 14.4 Å². The molecule has 0 aliphatic carbocycles. The highest BCUT2D eigenvalue weighted by Crippen LogP contribution is 2.27. The highest BCUT2D eigenvalue weighted by molar-refractivity contribution is 5.77. The number of aryl methyl sites for hydroxylation is 2. The third kappa shape index (κ3) is 3.31. The lowest BCUT2D eigenvalue weighted by atomic mass is 10.1. The number of aromatic nitrogens is 4. The second-order valence-electron chi connectivity index (χ2n) is 8.10. The Balaban J connectivity index is 1.31. The zero-order chi connectivity index (χ0) is 20.8. The Kier molecular flexibility index (Phi) is 4.66. The van der Waals surface area contributed by atoms with E-state index in [2.05, 4.69) is 14.9 Å². The molecule has 0 atom stereocenters. The lowest BCUT2D eigenvalue weighted by Crippen LogP contribution is -2.39. The molecule has 0 aromatic carbocycles. The van der Waals surface area contributed by atoms with E-state index < -0.39 is 0 Å². The summed E-state index contributed by atoms with van der Waals surface area (Å²) in [4.78, 5) is 28.5. The van der Waals surface area contributed by atoms with E-state index in [-0.39, 0.29) is 11.7 Å². The van der Waals surface area contributed by atoms with Gasteiger partial charge in [-0.3, -0.25) is 14.3 Å². The van der Waals surface area contributed by atoms with Gasteiger partial charge in [-0.2, -0.15) is 0 Å². The maximum Gasteiger partial charge on any atom is 0.262 e. The first-order valence-electron chi connectivity index (χ1n) is 10.3. The molecule has 0 radical (unpaired) electrons. The van der Waals surface area contributed by atoms with Gasteiger partial charge in [0.25, 0.3) is 5.56 Å². The summed E-state index contributed by atoms with van der Waals surface area (Å²) in [5.41, 5.74) is 3.58. The molecule has 0 amide bonds. The van der Waals surface area contributed by atoms with Crippen molar-refractivity contribution in [2.45, 2.75) is 46.0 Å². The van der Waals surface area contributed by atoms with Crippen molar-refractivity contribution >= 4 is 16.9 Å². The number of hydrogen-bond acceptors (Lipinski definition) is 7. The Morgan fingerprint density at radius 1 is 1.13 bits per heavy atom. The van der Waals surface area contributed by atoms with Crippen molar-refractivity contribution in [3.05, 3.63) is 51.3 Å². The molecule has 8 heteroatoms. The van der Waals surface area contributed by atoms with Crippen molar-refractivity contribution in [1.82, 2.24) is 19.5 Å². The fourth-order valence-electron chi connectivity index (χ4n) is 4.18. The summed E-state index contributed by atoms with van der Waals surface area (Å²) in [6, 6.07) is 3.96.